The Morgan fingerprint density at radius 3 is 2.14 bits per heavy atom. The van der Waals surface area contributed by atoms with Gasteiger partial charge in [0.2, 0.25) is 0 Å². The lowest BCUT2D eigenvalue weighted by atomic mass is 9.86. The van der Waals surface area contributed by atoms with Gasteiger partial charge >= 0.3 is 11.9 Å². The van der Waals surface area contributed by atoms with E-state index in [1.807, 2.05) is 13.0 Å². The largest absolute Gasteiger partial charge is 0.481 e. The summed E-state index contributed by atoms with van der Waals surface area (Å²) in [7, 11) is 0. The number of fused-ring (bicyclic) bond motifs is 8. The number of rotatable bonds is 22. The molecule has 10 nitrogen and oxygen atoms in total. The molecule has 0 aromatic carbocycles. The lowest BCUT2D eigenvalue weighted by molar-refractivity contribution is -0.138. The average Bonchev–Trinajstić information content (AvgIpc) is 3.91. The van der Waals surface area contributed by atoms with E-state index in [9.17, 15) is 30.0 Å². The Morgan fingerprint density at radius 1 is 0.797 bits per heavy atom. The normalized spacial score (nSPS) is 23.4. The lowest BCUT2D eigenvalue weighted by Gasteiger charge is -2.18. The zero-order valence-corrected chi connectivity index (χ0v) is 40.2. The van der Waals surface area contributed by atoms with Crippen molar-refractivity contribution in [2.45, 2.75) is 171 Å². The number of hydrogen-bond acceptors (Lipinski definition) is 6. The molecule has 5 heterocycles. The van der Waals surface area contributed by atoms with Crippen molar-refractivity contribution in [3.8, 4) is 0 Å². The van der Waals surface area contributed by atoms with Crippen molar-refractivity contribution in [2.24, 2.45) is 23.7 Å². The third-order valence-corrected chi connectivity index (χ3v) is 14.0. The van der Waals surface area contributed by atoms with E-state index >= 15 is 0 Å². The number of nitrogens with one attached hydrogen (secondary N) is 4. The Morgan fingerprint density at radius 2 is 1.48 bits per heavy atom. The van der Waals surface area contributed by atoms with Crippen LogP contribution in [0.15, 0.2) is 63.7 Å². The molecule has 0 spiro atoms. The van der Waals surface area contributed by atoms with Crippen LogP contribution < -0.4 is 21.3 Å². The van der Waals surface area contributed by atoms with Crippen LogP contribution in [-0.2, 0) is 22.6 Å². The molecule has 0 aliphatic carbocycles. The van der Waals surface area contributed by atoms with Crippen LogP contribution in [0, 0.1) is 30.6 Å². The number of carboxylic acid groups (broad SMARTS) is 2. The molecule has 350 valence electrons. The van der Waals surface area contributed by atoms with Crippen LogP contribution in [0.4, 0.5) is 0 Å². The molecule has 64 heavy (non-hydrogen) atoms. The maximum atomic E-state index is 12.0. The first kappa shape index (κ1) is 50.2. The summed E-state index contributed by atoms with van der Waals surface area (Å²) >= 11 is 0. The van der Waals surface area contributed by atoms with Crippen LogP contribution in [0.3, 0.4) is 0 Å². The Labute approximate surface area is 382 Å². The molecule has 8 N–H and O–H groups in total. The smallest absolute Gasteiger partial charge is 0.303 e. The van der Waals surface area contributed by atoms with Gasteiger partial charge in [-0.25, -0.2) is 0 Å². The third kappa shape index (κ3) is 13.2. The number of carboxylic acids is 2. The van der Waals surface area contributed by atoms with E-state index in [0.29, 0.717) is 29.7 Å². The molecule has 5 rings (SSSR count). The van der Waals surface area contributed by atoms with Gasteiger partial charge in [0.25, 0.3) is 0 Å². The first-order valence-corrected chi connectivity index (χ1v) is 24.0. The highest BCUT2D eigenvalue weighted by molar-refractivity contribution is 5.68. The van der Waals surface area contributed by atoms with Crippen molar-refractivity contribution in [3.63, 3.8) is 0 Å². The molecule has 3 aliphatic heterocycles. The zero-order valence-electron chi connectivity index (χ0n) is 40.2. The summed E-state index contributed by atoms with van der Waals surface area (Å²) in [6.45, 7) is 19.4. The van der Waals surface area contributed by atoms with E-state index < -0.39 is 18.0 Å². The average molecular weight is 879 g/mol. The molecule has 3 aliphatic rings. The number of aromatic amines is 2. The number of hydrogen-bond donors (Lipinski definition) is 8. The second kappa shape index (κ2) is 23.4. The highest BCUT2D eigenvalue weighted by Crippen LogP contribution is 2.39. The number of H-pyrrole nitrogens is 2. The van der Waals surface area contributed by atoms with Crippen molar-refractivity contribution in [3.05, 3.63) is 108 Å². The van der Waals surface area contributed by atoms with Crippen LogP contribution in [0.25, 0.3) is 18.2 Å². The fourth-order valence-electron chi connectivity index (χ4n) is 10.0. The minimum absolute atomic E-state index is 0.0238. The number of aliphatic carboxylic acids is 2. The molecule has 8 bridgehead atoms. The molecule has 1 fully saturated rings. The van der Waals surface area contributed by atoms with E-state index in [2.05, 4.69) is 112 Å². The van der Waals surface area contributed by atoms with Crippen LogP contribution >= 0.6 is 0 Å². The van der Waals surface area contributed by atoms with Gasteiger partial charge in [-0.1, -0.05) is 75.5 Å². The molecule has 1 saturated heterocycles. The molecule has 6 atom stereocenters. The predicted molar refractivity (Wildman–Crippen MR) is 260 cm³/mol. The first-order chi connectivity index (χ1) is 30.5. The Kier molecular flexibility index (Phi) is 18.4. The highest BCUT2D eigenvalue weighted by Gasteiger charge is 2.37. The summed E-state index contributed by atoms with van der Waals surface area (Å²) in [6.07, 6.45) is 25.4. The summed E-state index contributed by atoms with van der Waals surface area (Å²) in [5.41, 5.74) is 13.4. The van der Waals surface area contributed by atoms with Gasteiger partial charge in [-0.05, 0) is 152 Å². The molecule has 0 radical (unpaired) electrons. The third-order valence-electron chi connectivity index (χ3n) is 14.0. The Balaban J connectivity index is 1.43. The molecule has 10 heteroatoms. The quantitative estimate of drug-likeness (QED) is 0.0541. The standard InChI is InChI=1S/C54H78N4O6/c1-10-39-36(7)44-29-50-54(51(60)22-14-21-35(6)20-13-19-34(5)18-12-17-33(4)16-11-15-32(2)3)38(9)45(57-50)28-49-42(31-59)41(24-26-53(63)64)48(58-49)30-47-40(23-25-52(61)62)37(8)43(56-47)27-46(39)55-44/h15,17,19,27-30,35-37,40,47,51,55-60H,10-14,16,18,20-26,31H2,1-9H3,(H,61,62)(H,63,64)/b33-17+,34-19+,43-27-,44-29-,48-30-,49-28-/t35?,36-,37-,40+,47?,51+/m1/s1. The summed E-state index contributed by atoms with van der Waals surface area (Å²) in [6, 6.07) is -0.233. The van der Waals surface area contributed by atoms with Gasteiger partial charge < -0.3 is 41.0 Å². The van der Waals surface area contributed by atoms with Gasteiger partial charge in [0, 0.05) is 81.0 Å². The molecule has 2 unspecified atom stereocenters. The SMILES string of the molecule is CCC1=C2/C=C3\NC(/C=c4\[nH]/c(c(CO)c4CCC(=O)O)=C\c4[nH]c(c([C@@H](O)CCCC(C)CC/C=C(\C)CC/C=C(\C)CCC=C(C)C)c4C)/C=C(\N2)[C@@H]1C)[C@@H](CCC(=O)O)[C@H]3C. The second-order valence-electron chi connectivity index (χ2n) is 19.2. The van der Waals surface area contributed by atoms with Gasteiger partial charge in [-0.3, -0.25) is 9.59 Å². The number of aliphatic hydroxyl groups excluding tert-OH is 2. The van der Waals surface area contributed by atoms with Crippen LogP contribution in [0.5, 0.6) is 0 Å². The van der Waals surface area contributed by atoms with Gasteiger partial charge in [0.15, 0.2) is 0 Å². The maximum Gasteiger partial charge on any atom is 0.303 e. The van der Waals surface area contributed by atoms with Crippen LogP contribution in [0.1, 0.15) is 179 Å². The summed E-state index contributed by atoms with van der Waals surface area (Å²) in [5, 5.41) is 51.1. The van der Waals surface area contributed by atoms with E-state index in [4.69, 9.17) is 0 Å². The molecule has 0 amide bonds. The zero-order chi connectivity index (χ0) is 46.7. The summed E-state index contributed by atoms with van der Waals surface area (Å²) in [4.78, 5) is 30.9. The minimum atomic E-state index is -0.928. The van der Waals surface area contributed by atoms with Gasteiger partial charge in [-0.15, -0.1) is 0 Å². The molecular formula is C54H78N4O6. The molecule has 2 aromatic rings. The maximum absolute atomic E-state index is 12.0. The van der Waals surface area contributed by atoms with E-state index in [1.54, 1.807) is 0 Å². The van der Waals surface area contributed by atoms with Crippen LogP contribution in [0.2, 0.25) is 0 Å². The van der Waals surface area contributed by atoms with Crippen molar-refractivity contribution in [2.75, 3.05) is 0 Å². The predicted octanol–water partition coefficient (Wildman–Crippen LogP) is 10.0. The topological polar surface area (TPSA) is 171 Å². The summed E-state index contributed by atoms with van der Waals surface area (Å²) < 4.78 is 0. The first-order valence-electron chi connectivity index (χ1n) is 24.0. The lowest BCUT2D eigenvalue weighted by Crippen LogP contribution is -2.29. The van der Waals surface area contributed by atoms with Gasteiger partial charge in [0.05, 0.1) is 12.7 Å². The van der Waals surface area contributed by atoms with Crippen molar-refractivity contribution in [1.82, 2.24) is 20.6 Å². The molecular weight excluding hydrogens is 801 g/mol. The number of aliphatic hydroxyl groups is 2. The van der Waals surface area contributed by atoms with Gasteiger partial charge in [-0.2, -0.15) is 0 Å². The highest BCUT2D eigenvalue weighted by atomic mass is 16.4. The van der Waals surface area contributed by atoms with Crippen molar-refractivity contribution < 1.29 is 30.0 Å². The van der Waals surface area contributed by atoms with Crippen molar-refractivity contribution in [1.29, 1.82) is 0 Å². The number of carbonyl (C=O) groups is 2. The summed E-state index contributed by atoms with van der Waals surface area (Å²) in [5.74, 6) is -1.14. The minimum Gasteiger partial charge on any atom is -0.481 e. The van der Waals surface area contributed by atoms with E-state index in [1.165, 1.54) is 22.3 Å². The Bertz CT molecular complexity index is 2290. The fraction of sp³-hybridized carbons (Fsp3) is 0.556. The fourth-order valence-corrected chi connectivity index (χ4v) is 10.0. The molecule has 0 saturated carbocycles. The van der Waals surface area contributed by atoms with Crippen molar-refractivity contribution >= 4 is 30.2 Å². The Hall–Kier alpha value is -4.80. The number of allylic oxidation sites excluding steroid dienone is 9. The van der Waals surface area contributed by atoms with E-state index in [-0.39, 0.29) is 49.7 Å². The molecule has 2 aromatic heterocycles. The van der Waals surface area contributed by atoms with E-state index in [0.717, 1.165) is 108 Å². The monoisotopic (exact) mass is 879 g/mol. The number of aromatic nitrogens is 2. The van der Waals surface area contributed by atoms with Gasteiger partial charge in [0.1, 0.15) is 0 Å². The second-order valence-corrected chi connectivity index (χ2v) is 19.2. The van der Waals surface area contributed by atoms with Crippen LogP contribution in [-0.4, -0.2) is 48.4 Å².